The van der Waals surface area contributed by atoms with Crippen molar-refractivity contribution in [1.82, 2.24) is 0 Å². The lowest BCUT2D eigenvalue weighted by Crippen LogP contribution is -1.97. The van der Waals surface area contributed by atoms with Gasteiger partial charge in [0.1, 0.15) is 11.4 Å². The Labute approximate surface area is 139 Å². The highest BCUT2D eigenvalue weighted by Gasteiger charge is 2.12. The number of nitrogens with zero attached hydrogens (tertiary/aromatic N) is 2. The topological polar surface area (TPSA) is 64.7 Å². The summed E-state index contributed by atoms with van der Waals surface area (Å²) in [5, 5.41) is 13.2. The van der Waals surface area contributed by atoms with Gasteiger partial charge in [-0.05, 0) is 29.8 Å². The second-order valence-electron chi connectivity index (χ2n) is 5.14. The summed E-state index contributed by atoms with van der Waals surface area (Å²) in [6.07, 6.45) is 1.63. The SMILES string of the molecule is CCOc1ccc2ccccc2c1C=Nc1ccccc1[N+](=O)[O-]. The van der Waals surface area contributed by atoms with Crippen LogP contribution < -0.4 is 4.74 Å². The molecule has 0 saturated heterocycles. The van der Waals surface area contributed by atoms with Gasteiger partial charge >= 0.3 is 0 Å². The Balaban J connectivity index is 2.12. The normalized spacial score (nSPS) is 11.0. The quantitative estimate of drug-likeness (QED) is 0.381. The average molecular weight is 320 g/mol. The number of nitro groups is 1. The van der Waals surface area contributed by atoms with E-state index in [1.165, 1.54) is 6.07 Å². The Hall–Kier alpha value is -3.21. The molecule has 0 aromatic heterocycles. The first kappa shape index (κ1) is 15.7. The van der Waals surface area contributed by atoms with Crippen molar-refractivity contribution in [3.8, 4) is 5.75 Å². The number of hydrogen-bond acceptors (Lipinski definition) is 4. The van der Waals surface area contributed by atoms with E-state index in [9.17, 15) is 10.1 Å². The van der Waals surface area contributed by atoms with Gasteiger partial charge in [-0.2, -0.15) is 0 Å². The third kappa shape index (κ3) is 3.10. The lowest BCUT2D eigenvalue weighted by molar-refractivity contribution is -0.384. The van der Waals surface area contributed by atoms with Crippen LogP contribution in [-0.4, -0.2) is 17.7 Å². The van der Waals surface area contributed by atoms with Gasteiger partial charge < -0.3 is 4.74 Å². The summed E-state index contributed by atoms with van der Waals surface area (Å²) in [5.41, 5.74) is 1.11. The van der Waals surface area contributed by atoms with Crippen LogP contribution in [0.2, 0.25) is 0 Å². The van der Waals surface area contributed by atoms with Crippen LogP contribution in [0.4, 0.5) is 11.4 Å². The van der Waals surface area contributed by atoms with Crippen molar-refractivity contribution in [3.63, 3.8) is 0 Å². The smallest absolute Gasteiger partial charge is 0.294 e. The minimum Gasteiger partial charge on any atom is -0.493 e. The van der Waals surface area contributed by atoms with Gasteiger partial charge in [-0.15, -0.1) is 0 Å². The van der Waals surface area contributed by atoms with Crippen molar-refractivity contribution in [3.05, 3.63) is 76.3 Å². The summed E-state index contributed by atoms with van der Waals surface area (Å²) < 4.78 is 5.69. The summed E-state index contributed by atoms with van der Waals surface area (Å²) in [5.74, 6) is 0.707. The van der Waals surface area contributed by atoms with Gasteiger partial charge in [0.15, 0.2) is 0 Å². The van der Waals surface area contributed by atoms with Crippen LogP contribution >= 0.6 is 0 Å². The van der Waals surface area contributed by atoms with Crippen LogP contribution in [0.5, 0.6) is 5.75 Å². The van der Waals surface area contributed by atoms with Crippen LogP contribution in [0.15, 0.2) is 65.7 Å². The maximum absolute atomic E-state index is 11.1. The highest BCUT2D eigenvalue weighted by atomic mass is 16.6. The number of aliphatic imine (C=N–C) groups is 1. The molecule has 0 bridgehead atoms. The average Bonchev–Trinajstić information content (AvgIpc) is 2.61. The summed E-state index contributed by atoms with van der Waals surface area (Å²) in [6.45, 7) is 2.45. The fraction of sp³-hybridized carbons (Fsp3) is 0.105. The zero-order valence-corrected chi connectivity index (χ0v) is 13.2. The number of fused-ring (bicyclic) bond motifs is 1. The first-order valence-electron chi connectivity index (χ1n) is 7.62. The minimum atomic E-state index is -0.431. The first-order valence-corrected chi connectivity index (χ1v) is 7.62. The maximum Gasteiger partial charge on any atom is 0.294 e. The van der Waals surface area contributed by atoms with Gasteiger partial charge in [0.25, 0.3) is 5.69 Å². The van der Waals surface area contributed by atoms with E-state index in [2.05, 4.69) is 4.99 Å². The van der Waals surface area contributed by atoms with Crippen molar-refractivity contribution in [2.45, 2.75) is 6.92 Å². The fourth-order valence-corrected chi connectivity index (χ4v) is 2.55. The number of rotatable bonds is 5. The molecule has 0 N–H and O–H groups in total. The molecule has 5 nitrogen and oxygen atoms in total. The summed E-state index contributed by atoms with van der Waals surface area (Å²) in [7, 11) is 0. The molecule has 0 heterocycles. The fourth-order valence-electron chi connectivity index (χ4n) is 2.55. The molecule has 0 spiro atoms. The molecule has 0 aliphatic rings. The van der Waals surface area contributed by atoms with Gasteiger partial charge in [-0.1, -0.05) is 42.5 Å². The molecular weight excluding hydrogens is 304 g/mol. The monoisotopic (exact) mass is 320 g/mol. The van der Waals surface area contributed by atoms with Crippen molar-refractivity contribution in [1.29, 1.82) is 0 Å². The molecule has 0 aliphatic heterocycles. The molecule has 0 unspecified atom stereocenters. The van der Waals surface area contributed by atoms with Gasteiger partial charge in [-0.3, -0.25) is 10.1 Å². The third-order valence-corrected chi connectivity index (χ3v) is 3.64. The Morgan fingerprint density at radius 1 is 1.08 bits per heavy atom. The predicted molar refractivity (Wildman–Crippen MR) is 95.5 cm³/mol. The van der Waals surface area contributed by atoms with Crippen LogP contribution in [0.25, 0.3) is 10.8 Å². The summed E-state index contributed by atoms with van der Waals surface area (Å²) in [6, 6.07) is 18.2. The molecule has 0 aliphatic carbocycles. The molecule has 24 heavy (non-hydrogen) atoms. The van der Waals surface area contributed by atoms with Crippen molar-refractivity contribution < 1.29 is 9.66 Å². The third-order valence-electron chi connectivity index (χ3n) is 3.64. The van der Waals surface area contributed by atoms with Gasteiger partial charge in [0.05, 0.1) is 11.5 Å². The second kappa shape index (κ2) is 6.91. The highest BCUT2D eigenvalue weighted by Crippen LogP contribution is 2.30. The Morgan fingerprint density at radius 2 is 1.83 bits per heavy atom. The van der Waals surface area contributed by atoms with Crippen molar-refractivity contribution >= 4 is 28.4 Å². The van der Waals surface area contributed by atoms with E-state index in [-0.39, 0.29) is 5.69 Å². The molecule has 3 aromatic rings. The Morgan fingerprint density at radius 3 is 2.62 bits per heavy atom. The zero-order chi connectivity index (χ0) is 16.9. The van der Waals surface area contributed by atoms with Crippen molar-refractivity contribution in [2.75, 3.05) is 6.61 Å². The molecular formula is C19H16N2O3. The van der Waals surface area contributed by atoms with Gasteiger partial charge in [0.2, 0.25) is 0 Å². The zero-order valence-electron chi connectivity index (χ0n) is 13.2. The molecule has 0 atom stereocenters. The lowest BCUT2D eigenvalue weighted by Gasteiger charge is -2.10. The van der Waals surface area contributed by atoms with E-state index in [1.54, 1.807) is 24.4 Å². The maximum atomic E-state index is 11.1. The highest BCUT2D eigenvalue weighted by molar-refractivity contribution is 6.03. The predicted octanol–water partition coefficient (Wildman–Crippen LogP) is 4.90. The number of ether oxygens (including phenoxy) is 1. The van der Waals surface area contributed by atoms with E-state index in [0.29, 0.717) is 18.0 Å². The van der Waals surface area contributed by atoms with Crippen LogP contribution in [0.1, 0.15) is 12.5 Å². The van der Waals surface area contributed by atoms with Crippen molar-refractivity contribution in [2.24, 2.45) is 4.99 Å². The molecule has 120 valence electrons. The summed E-state index contributed by atoms with van der Waals surface area (Å²) in [4.78, 5) is 15.0. The van der Waals surface area contributed by atoms with Crippen LogP contribution in [0.3, 0.4) is 0 Å². The largest absolute Gasteiger partial charge is 0.493 e. The molecule has 0 amide bonds. The van der Waals surface area contributed by atoms with Gasteiger partial charge in [-0.25, -0.2) is 4.99 Å². The number of benzene rings is 3. The molecule has 0 saturated carbocycles. The van der Waals surface area contributed by atoms with E-state index < -0.39 is 4.92 Å². The number of nitro benzene ring substituents is 1. The van der Waals surface area contributed by atoms with Gasteiger partial charge in [0, 0.05) is 17.8 Å². The van der Waals surface area contributed by atoms with Crippen LogP contribution in [-0.2, 0) is 0 Å². The molecule has 3 aromatic carbocycles. The van der Waals surface area contributed by atoms with E-state index >= 15 is 0 Å². The van der Waals surface area contributed by atoms with E-state index in [4.69, 9.17) is 4.74 Å². The molecule has 0 fully saturated rings. The minimum absolute atomic E-state index is 0.0213. The summed E-state index contributed by atoms with van der Waals surface area (Å²) >= 11 is 0. The molecule has 0 radical (unpaired) electrons. The second-order valence-corrected chi connectivity index (χ2v) is 5.14. The van der Waals surface area contributed by atoms with E-state index in [1.807, 2.05) is 43.3 Å². The number of hydrogen-bond donors (Lipinski definition) is 0. The molecule has 3 rings (SSSR count). The number of para-hydroxylation sites is 2. The first-order chi connectivity index (χ1) is 11.7. The Bertz CT molecular complexity index is 919. The van der Waals surface area contributed by atoms with E-state index in [0.717, 1.165) is 16.3 Å². The Kier molecular flexibility index (Phi) is 4.52. The lowest BCUT2D eigenvalue weighted by atomic mass is 10.0. The molecule has 5 heteroatoms. The van der Waals surface area contributed by atoms with Crippen LogP contribution in [0, 0.1) is 10.1 Å². The standard InChI is InChI=1S/C19H16N2O3/c1-2-24-19-12-11-14-7-3-4-8-15(14)16(19)13-20-17-9-5-6-10-18(17)21(22)23/h3-13H,2H2,1H3.